The van der Waals surface area contributed by atoms with Crippen LogP contribution in [0.1, 0.15) is 52.4 Å². The molecule has 0 saturated carbocycles. The zero-order chi connectivity index (χ0) is 17.3. The first-order chi connectivity index (χ1) is 10.7. The van der Waals surface area contributed by atoms with Crippen LogP contribution in [-0.4, -0.2) is 35.9 Å². The molecule has 1 aromatic rings. The summed E-state index contributed by atoms with van der Waals surface area (Å²) in [6, 6.07) is 3.63. The van der Waals surface area contributed by atoms with Gasteiger partial charge in [-0.1, -0.05) is 6.07 Å². The first kappa shape index (κ1) is 17.8. The minimum absolute atomic E-state index is 0.126. The molecule has 0 bridgehead atoms. The minimum Gasteiger partial charge on any atom is -0.466 e. The molecule has 0 aliphatic carbocycles. The van der Waals surface area contributed by atoms with Crippen LogP contribution in [0.25, 0.3) is 0 Å². The first-order valence-electron chi connectivity index (χ1n) is 7.89. The van der Waals surface area contributed by atoms with E-state index < -0.39 is 18.3 Å². The summed E-state index contributed by atoms with van der Waals surface area (Å²) >= 11 is 0. The van der Waals surface area contributed by atoms with Gasteiger partial charge in [-0.3, -0.25) is 4.79 Å². The molecule has 126 valence electrons. The molecule has 23 heavy (non-hydrogen) atoms. The van der Waals surface area contributed by atoms with E-state index in [2.05, 4.69) is 4.98 Å². The van der Waals surface area contributed by atoms with Gasteiger partial charge in [-0.15, -0.1) is 0 Å². The summed E-state index contributed by atoms with van der Waals surface area (Å²) < 4.78 is 17.3. The third-order valence-corrected chi connectivity index (χ3v) is 4.56. The number of carbonyl (C=O) groups excluding carboxylic acids is 1. The number of nitrogens with two attached hydrogens (primary N) is 1. The van der Waals surface area contributed by atoms with Gasteiger partial charge in [0.1, 0.15) is 5.82 Å². The minimum atomic E-state index is -0.587. The maximum absolute atomic E-state index is 12.0. The lowest BCUT2D eigenvalue weighted by atomic mass is 9.66. The highest BCUT2D eigenvalue weighted by Crippen LogP contribution is 2.42. The van der Waals surface area contributed by atoms with Crippen LogP contribution in [0.3, 0.4) is 0 Å². The number of aromatic nitrogens is 1. The van der Waals surface area contributed by atoms with E-state index in [9.17, 15) is 4.79 Å². The number of hydrogen-bond donors (Lipinski definition) is 1. The Bertz CT molecular complexity index is 561. The Labute approximate surface area is 137 Å². The van der Waals surface area contributed by atoms with Crippen LogP contribution in [0, 0.1) is 0 Å². The van der Waals surface area contributed by atoms with Gasteiger partial charge in [0.15, 0.2) is 0 Å². The summed E-state index contributed by atoms with van der Waals surface area (Å²) in [5, 5.41) is 0. The number of anilines is 1. The second-order valence-corrected chi connectivity index (χ2v) is 6.72. The van der Waals surface area contributed by atoms with Crippen LogP contribution in [0.2, 0.25) is 0 Å². The van der Waals surface area contributed by atoms with E-state index >= 15 is 0 Å². The Morgan fingerprint density at radius 3 is 2.48 bits per heavy atom. The molecule has 1 aromatic heterocycles. The summed E-state index contributed by atoms with van der Waals surface area (Å²) in [7, 11) is -0.587. The van der Waals surface area contributed by atoms with Gasteiger partial charge in [-0.2, -0.15) is 0 Å². The molecule has 1 fully saturated rings. The number of ether oxygens (including phenoxy) is 1. The Balaban J connectivity index is 2.32. The molecule has 0 spiro atoms. The second-order valence-electron chi connectivity index (χ2n) is 6.72. The summed E-state index contributed by atoms with van der Waals surface area (Å²) in [6.45, 7) is 10.0. The molecule has 1 aliphatic rings. The topological polar surface area (TPSA) is 83.7 Å². The van der Waals surface area contributed by atoms with Gasteiger partial charge in [0, 0.05) is 12.0 Å². The molecule has 0 amide bonds. The van der Waals surface area contributed by atoms with Gasteiger partial charge in [-0.25, -0.2) is 4.98 Å². The Kier molecular flexibility index (Phi) is 5.01. The van der Waals surface area contributed by atoms with E-state index in [-0.39, 0.29) is 18.2 Å². The second kappa shape index (κ2) is 6.49. The van der Waals surface area contributed by atoms with E-state index in [1.807, 2.05) is 33.8 Å². The lowest BCUT2D eigenvalue weighted by Gasteiger charge is -2.32. The molecule has 2 N–H and O–H groups in total. The number of carbonyl (C=O) groups is 1. The lowest BCUT2D eigenvalue weighted by Crippen LogP contribution is -2.41. The van der Waals surface area contributed by atoms with E-state index in [4.69, 9.17) is 19.8 Å². The summed E-state index contributed by atoms with van der Waals surface area (Å²) in [5.74, 6) is -0.309. The Hall–Kier alpha value is -1.60. The normalized spacial score (nSPS) is 20.3. The fraction of sp³-hybridized carbons (Fsp3) is 0.625. The van der Waals surface area contributed by atoms with Crippen molar-refractivity contribution in [3.63, 3.8) is 0 Å². The average molecular weight is 320 g/mol. The molecule has 2 heterocycles. The number of nitrogens with zero attached hydrogens (tertiary/aromatic N) is 1. The van der Waals surface area contributed by atoms with E-state index in [1.54, 1.807) is 19.2 Å². The smallest absolute Gasteiger partial charge is 0.466 e. The fourth-order valence-electron chi connectivity index (χ4n) is 2.55. The molecule has 1 atom stereocenters. The van der Waals surface area contributed by atoms with Crippen molar-refractivity contribution in [1.29, 1.82) is 0 Å². The monoisotopic (exact) mass is 320 g/mol. The van der Waals surface area contributed by atoms with Gasteiger partial charge in [0.2, 0.25) is 0 Å². The first-order valence-corrected chi connectivity index (χ1v) is 7.89. The van der Waals surface area contributed by atoms with E-state index in [1.165, 1.54) is 0 Å². The zero-order valence-corrected chi connectivity index (χ0v) is 14.5. The molecule has 1 saturated heterocycles. The molecular formula is C16H25BN2O4. The Morgan fingerprint density at radius 1 is 1.35 bits per heavy atom. The maximum Gasteiger partial charge on any atom is 0.466 e. The Morgan fingerprint density at radius 2 is 1.96 bits per heavy atom. The van der Waals surface area contributed by atoms with Crippen LogP contribution in [0.4, 0.5) is 5.82 Å². The average Bonchev–Trinajstić information content (AvgIpc) is 2.66. The SMILES string of the molecule is CCOC(=O)CC(B1OC(C)(C)C(C)(C)O1)c1cccnc1N. The van der Waals surface area contributed by atoms with E-state index in [0.29, 0.717) is 12.4 Å². The predicted molar refractivity (Wildman–Crippen MR) is 88.7 cm³/mol. The molecular weight excluding hydrogens is 295 g/mol. The lowest BCUT2D eigenvalue weighted by molar-refractivity contribution is -0.143. The van der Waals surface area contributed by atoms with Gasteiger partial charge in [-0.05, 0) is 46.2 Å². The van der Waals surface area contributed by atoms with Crippen molar-refractivity contribution in [2.24, 2.45) is 0 Å². The van der Waals surface area contributed by atoms with Crippen molar-refractivity contribution in [1.82, 2.24) is 4.98 Å². The third kappa shape index (κ3) is 3.67. The quantitative estimate of drug-likeness (QED) is 0.662. The largest absolute Gasteiger partial charge is 0.466 e. The van der Waals surface area contributed by atoms with Gasteiger partial charge >= 0.3 is 13.1 Å². The molecule has 0 radical (unpaired) electrons. The van der Waals surface area contributed by atoms with Crippen LogP contribution < -0.4 is 5.73 Å². The molecule has 6 nitrogen and oxygen atoms in total. The fourth-order valence-corrected chi connectivity index (χ4v) is 2.55. The maximum atomic E-state index is 12.0. The zero-order valence-electron chi connectivity index (χ0n) is 14.5. The van der Waals surface area contributed by atoms with Crippen molar-refractivity contribution < 1.29 is 18.8 Å². The third-order valence-electron chi connectivity index (χ3n) is 4.56. The van der Waals surface area contributed by atoms with E-state index in [0.717, 1.165) is 5.56 Å². The highest BCUT2D eigenvalue weighted by Gasteiger charge is 2.54. The highest BCUT2D eigenvalue weighted by atomic mass is 16.7. The van der Waals surface area contributed by atoms with Crippen molar-refractivity contribution in [3.05, 3.63) is 23.9 Å². The van der Waals surface area contributed by atoms with Crippen molar-refractivity contribution in [2.45, 2.75) is 58.1 Å². The van der Waals surface area contributed by atoms with Gasteiger partial charge < -0.3 is 19.8 Å². The van der Waals surface area contributed by atoms with Crippen LogP contribution in [0.5, 0.6) is 0 Å². The van der Waals surface area contributed by atoms with Crippen molar-refractivity contribution >= 4 is 18.9 Å². The number of pyridine rings is 1. The summed E-state index contributed by atoms with van der Waals surface area (Å²) in [6.07, 6.45) is 1.74. The number of nitrogen functional groups attached to an aromatic ring is 1. The molecule has 1 aliphatic heterocycles. The standard InChI is InChI=1S/C16H25BN2O4/c1-6-21-13(20)10-12(11-8-7-9-19-14(11)18)17-22-15(2,3)16(4,5)23-17/h7-9,12H,6,10H2,1-5H3,(H2,18,19). The predicted octanol–water partition coefficient (Wildman–Crippen LogP) is 2.33. The van der Waals surface area contributed by atoms with Gasteiger partial charge in [0.05, 0.1) is 24.2 Å². The molecule has 2 rings (SSSR count). The van der Waals surface area contributed by atoms with Gasteiger partial charge in [0.25, 0.3) is 0 Å². The number of hydrogen-bond acceptors (Lipinski definition) is 6. The van der Waals surface area contributed by atoms with Crippen LogP contribution in [-0.2, 0) is 18.8 Å². The van der Waals surface area contributed by atoms with Crippen LogP contribution in [0.15, 0.2) is 18.3 Å². The van der Waals surface area contributed by atoms with Crippen molar-refractivity contribution in [2.75, 3.05) is 12.3 Å². The van der Waals surface area contributed by atoms with Crippen molar-refractivity contribution in [3.8, 4) is 0 Å². The highest BCUT2D eigenvalue weighted by molar-refractivity contribution is 6.48. The molecule has 7 heteroatoms. The molecule has 0 aromatic carbocycles. The number of rotatable bonds is 5. The van der Waals surface area contributed by atoms with Crippen LogP contribution >= 0.6 is 0 Å². The summed E-state index contributed by atoms with van der Waals surface area (Å²) in [5.41, 5.74) is 5.77. The summed E-state index contributed by atoms with van der Waals surface area (Å²) in [4.78, 5) is 16.1. The molecule has 1 unspecified atom stereocenters. The number of esters is 1.